The summed E-state index contributed by atoms with van der Waals surface area (Å²) in [5, 5.41) is 0.426. The Kier molecular flexibility index (Phi) is 3.62. The van der Waals surface area contributed by atoms with Gasteiger partial charge >= 0.3 is 0 Å². The summed E-state index contributed by atoms with van der Waals surface area (Å²) in [6, 6.07) is 14.3. The van der Waals surface area contributed by atoms with Gasteiger partial charge in [-0.1, -0.05) is 41.9 Å². The van der Waals surface area contributed by atoms with E-state index in [2.05, 4.69) is 0 Å². The summed E-state index contributed by atoms with van der Waals surface area (Å²) in [5.41, 5.74) is 1.20. The van der Waals surface area contributed by atoms with Crippen LogP contribution in [0.2, 0.25) is 5.02 Å². The zero-order chi connectivity index (χ0) is 14.8. The van der Waals surface area contributed by atoms with Crippen LogP contribution in [0.4, 0.5) is 0 Å². The van der Waals surface area contributed by atoms with Gasteiger partial charge in [-0.3, -0.25) is 14.5 Å². The second kappa shape index (κ2) is 5.58. The van der Waals surface area contributed by atoms with Crippen LogP contribution in [-0.4, -0.2) is 23.8 Å². The van der Waals surface area contributed by atoms with E-state index < -0.39 is 12.0 Å². The first-order valence-electron chi connectivity index (χ1n) is 6.46. The molecular weight excluding hydrogens is 290 g/mol. The molecule has 0 fully saturated rings. The van der Waals surface area contributed by atoms with Gasteiger partial charge in [-0.15, -0.1) is 0 Å². The third-order valence-electron chi connectivity index (χ3n) is 3.36. The SMILES string of the molecule is O=CN1CC(c2ccccc2)Oc2ccc(Cl)cc2C1=O. The molecular formula is C16H12ClNO3. The lowest BCUT2D eigenvalue weighted by Gasteiger charge is -2.19. The van der Waals surface area contributed by atoms with Crippen molar-refractivity contribution < 1.29 is 14.3 Å². The molecule has 2 aromatic rings. The molecule has 0 aromatic heterocycles. The number of halogens is 1. The number of fused-ring (bicyclic) bond motifs is 1. The van der Waals surface area contributed by atoms with Crippen LogP contribution in [0.1, 0.15) is 22.0 Å². The molecule has 2 amide bonds. The third kappa shape index (κ3) is 2.62. The van der Waals surface area contributed by atoms with E-state index in [1.807, 2.05) is 30.3 Å². The third-order valence-corrected chi connectivity index (χ3v) is 3.60. The lowest BCUT2D eigenvalue weighted by Crippen LogP contribution is -2.32. The highest BCUT2D eigenvalue weighted by Gasteiger charge is 2.29. The largest absolute Gasteiger partial charge is 0.483 e. The lowest BCUT2D eigenvalue weighted by molar-refractivity contribution is -0.116. The molecule has 4 nitrogen and oxygen atoms in total. The second-order valence-electron chi connectivity index (χ2n) is 4.72. The molecule has 106 valence electrons. The highest BCUT2D eigenvalue weighted by molar-refractivity contribution is 6.31. The fourth-order valence-corrected chi connectivity index (χ4v) is 2.48. The van der Waals surface area contributed by atoms with Crippen LogP contribution < -0.4 is 4.74 Å². The number of imide groups is 1. The summed E-state index contributed by atoms with van der Waals surface area (Å²) >= 11 is 5.92. The van der Waals surface area contributed by atoms with Crippen molar-refractivity contribution in [3.8, 4) is 5.75 Å². The molecule has 0 bridgehead atoms. The number of ether oxygens (including phenoxy) is 1. The van der Waals surface area contributed by atoms with Crippen molar-refractivity contribution >= 4 is 23.9 Å². The van der Waals surface area contributed by atoms with E-state index in [-0.39, 0.29) is 6.54 Å². The van der Waals surface area contributed by atoms with Gasteiger partial charge in [-0.25, -0.2) is 0 Å². The minimum Gasteiger partial charge on any atom is -0.483 e. The van der Waals surface area contributed by atoms with Gasteiger partial charge < -0.3 is 4.74 Å². The van der Waals surface area contributed by atoms with Crippen LogP contribution in [-0.2, 0) is 4.79 Å². The number of hydrogen-bond donors (Lipinski definition) is 0. The number of nitrogens with zero attached hydrogens (tertiary/aromatic N) is 1. The van der Waals surface area contributed by atoms with Crippen molar-refractivity contribution in [2.75, 3.05) is 6.54 Å². The van der Waals surface area contributed by atoms with Crippen molar-refractivity contribution in [2.45, 2.75) is 6.10 Å². The molecule has 0 radical (unpaired) electrons. The Bertz CT molecular complexity index is 687. The van der Waals surface area contributed by atoms with Gasteiger partial charge in [-0.05, 0) is 23.8 Å². The highest BCUT2D eigenvalue weighted by Crippen LogP contribution is 2.32. The Morgan fingerprint density at radius 3 is 2.67 bits per heavy atom. The predicted octanol–water partition coefficient (Wildman–Crippen LogP) is 3.07. The smallest absolute Gasteiger partial charge is 0.264 e. The van der Waals surface area contributed by atoms with Crippen molar-refractivity contribution in [2.24, 2.45) is 0 Å². The van der Waals surface area contributed by atoms with Crippen LogP contribution in [0.25, 0.3) is 0 Å². The average Bonchev–Trinajstić information content (AvgIpc) is 2.65. The fraction of sp³-hybridized carbons (Fsp3) is 0.125. The van der Waals surface area contributed by atoms with Crippen LogP contribution >= 0.6 is 11.6 Å². The molecule has 1 aliphatic heterocycles. The maximum Gasteiger partial charge on any atom is 0.264 e. The first kappa shape index (κ1) is 13.6. The van der Waals surface area contributed by atoms with E-state index in [1.54, 1.807) is 12.1 Å². The van der Waals surface area contributed by atoms with E-state index in [0.29, 0.717) is 22.7 Å². The highest BCUT2D eigenvalue weighted by atomic mass is 35.5. The monoisotopic (exact) mass is 301 g/mol. The van der Waals surface area contributed by atoms with Gasteiger partial charge in [0.1, 0.15) is 11.9 Å². The van der Waals surface area contributed by atoms with Crippen molar-refractivity contribution in [3.63, 3.8) is 0 Å². The Morgan fingerprint density at radius 2 is 1.95 bits per heavy atom. The molecule has 2 aromatic carbocycles. The van der Waals surface area contributed by atoms with Crippen LogP contribution in [0.3, 0.4) is 0 Å². The topological polar surface area (TPSA) is 46.6 Å². The van der Waals surface area contributed by atoms with Gasteiger partial charge in [0.05, 0.1) is 12.1 Å². The Morgan fingerprint density at radius 1 is 1.19 bits per heavy atom. The number of benzene rings is 2. The number of amides is 2. The molecule has 5 heteroatoms. The number of hydrogen-bond acceptors (Lipinski definition) is 3. The standard InChI is InChI=1S/C16H12ClNO3/c17-12-6-7-14-13(8-12)16(20)18(10-19)9-15(21-14)11-4-2-1-3-5-11/h1-8,10,15H,9H2. The van der Waals surface area contributed by atoms with E-state index in [0.717, 1.165) is 10.5 Å². The maximum absolute atomic E-state index is 12.4. The number of carbonyl (C=O) groups is 2. The Balaban J connectivity index is 2.06. The van der Waals surface area contributed by atoms with Gasteiger partial charge in [0, 0.05) is 5.02 Å². The van der Waals surface area contributed by atoms with E-state index in [1.165, 1.54) is 6.07 Å². The molecule has 1 heterocycles. The summed E-state index contributed by atoms with van der Waals surface area (Å²) in [7, 11) is 0. The van der Waals surface area contributed by atoms with E-state index >= 15 is 0 Å². The molecule has 0 saturated carbocycles. The minimum absolute atomic E-state index is 0.165. The predicted molar refractivity (Wildman–Crippen MR) is 78.4 cm³/mol. The second-order valence-corrected chi connectivity index (χ2v) is 5.16. The number of carbonyl (C=O) groups excluding carboxylic acids is 2. The average molecular weight is 302 g/mol. The molecule has 1 atom stereocenters. The van der Waals surface area contributed by atoms with E-state index in [4.69, 9.17) is 16.3 Å². The zero-order valence-corrected chi connectivity index (χ0v) is 11.8. The van der Waals surface area contributed by atoms with Crippen LogP contribution in [0.5, 0.6) is 5.75 Å². The lowest BCUT2D eigenvalue weighted by atomic mass is 10.1. The van der Waals surface area contributed by atoms with Gasteiger partial charge in [-0.2, -0.15) is 0 Å². The quantitative estimate of drug-likeness (QED) is 0.801. The van der Waals surface area contributed by atoms with Gasteiger partial charge in [0.15, 0.2) is 0 Å². The first-order valence-corrected chi connectivity index (χ1v) is 6.84. The zero-order valence-electron chi connectivity index (χ0n) is 11.0. The molecule has 21 heavy (non-hydrogen) atoms. The van der Waals surface area contributed by atoms with Crippen LogP contribution in [0, 0.1) is 0 Å². The molecule has 0 N–H and O–H groups in total. The summed E-state index contributed by atoms with van der Waals surface area (Å²) in [5.74, 6) is 0.0311. The Hall–Kier alpha value is -2.33. The molecule has 3 rings (SSSR count). The summed E-state index contributed by atoms with van der Waals surface area (Å²) in [4.78, 5) is 24.7. The summed E-state index contributed by atoms with van der Waals surface area (Å²) in [6.07, 6.45) is 0.125. The molecule has 0 saturated heterocycles. The van der Waals surface area contributed by atoms with Gasteiger partial charge in [0.25, 0.3) is 5.91 Å². The number of rotatable bonds is 2. The van der Waals surface area contributed by atoms with Gasteiger partial charge in [0.2, 0.25) is 6.41 Å². The van der Waals surface area contributed by atoms with Crippen molar-refractivity contribution in [1.29, 1.82) is 0 Å². The normalized spacial score (nSPS) is 17.7. The first-order chi connectivity index (χ1) is 10.2. The summed E-state index contributed by atoms with van der Waals surface area (Å²) in [6.45, 7) is 0.165. The van der Waals surface area contributed by atoms with E-state index in [9.17, 15) is 9.59 Å². The van der Waals surface area contributed by atoms with Crippen LogP contribution in [0.15, 0.2) is 48.5 Å². The molecule has 1 unspecified atom stereocenters. The molecule has 0 spiro atoms. The molecule has 1 aliphatic rings. The molecule has 0 aliphatic carbocycles. The fourth-order valence-electron chi connectivity index (χ4n) is 2.31. The van der Waals surface area contributed by atoms with Crippen molar-refractivity contribution in [3.05, 3.63) is 64.7 Å². The summed E-state index contributed by atoms with van der Waals surface area (Å²) < 4.78 is 5.92. The van der Waals surface area contributed by atoms with Crippen molar-refractivity contribution in [1.82, 2.24) is 4.90 Å². The minimum atomic E-state index is -0.402. The maximum atomic E-state index is 12.4. The Labute approximate surface area is 126 Å².